The van der Waals surface area contributed by atoms with Crippen molar-refractivity contribution in [2.45, 2.75) is 50.2 Å². The Labute approximate surface area is 129 Å². The maximum absolute atomic E-state index is 13.6. The molecule has 2 heterocycles. The van der Waals surface area contributed by atoms with Crippen molar-refractivity contribution in [1.82, 2.24) is 5.32 Å². The van der Waals surface area contributed by atoms with Crippen LogP contribution in [0.15, 0.2) is 12.1 Å². The van der Waals surface area contributed by atoms with Crippen LogP contribution in [0.3, 0.4) is 0 Å². The summed E-state index contributed by atoms with van der Waals surface area (Å²) in [7, 11) is 2.03. The van der Waals surface area contributed by atoms with Gasteiger partial charge in [0, 0.05) is 23.8 Å². The van der Waals surface area contributed by atoms with Gasteiger partial charge < -0.3 is 10.2 Å². The van der Waals surface area contributed by atoms with Gasteiger partial charge in [0.05, 0.1) is 10.0 Å². The van der Waals surface area contributed by atoms with Gasteiger partial charge in [0.25, 0.3) is 0 Å². The van der Waals surface area contributed by atoms with Crippen molar-refractivity contribution in [3.8, 4) is 0 Å². The first kappa shape index (κ1) is 14.4. The van der Waals surface area contributed by atoms with E-state index < -0.39 is 5.82 Å². The summed E-state index contributed by atoms with van der Waals surface area (Å²) in [6.45, 7) is 0. The number of nitrogens with zero attached hydrogens (tertiary/aromatic N) is 1. The molecule has 2 aliphatic heterocycles. The quantitative estimate of drug-likeness (QED) is 0.821. The predicted molar refractivity (Wildman–Crippen MR) is 82.4 cm³/mol. The van der Waals surface area contributed by atoms with Crippen molar-refractivity contribution in [3.05, 3.63) is 28.0 Å². The summed E-state index contributed by atoms with van der Waals surface area (Å²) in [5.74, 6) is -0.521. The van der Waals surface area contributed by atoms with Crippen LogP contribution >= 0.6 is 23.2 Å². The van der Waals surface area contributed by atoms with Crippen molar-refractivity contribution >= 4 is 28.9 Å². The van der Waals surface area contributed by atoms with Gasteiger partial charge in [0.2, 0.25) is 0 Å². The van der Waals surface area contributed by atoms with Gasteiger partial charge in [0.15, 0.2) is 5.82 Å². The van der Waals surface area contributed by atoms with Crippen molar-refractivity contribution in [2.75, 3.05) is 11.9 Å². The lowest BCUT2D eigenvalue weighted by Crippen LogP contribution is -2.56. The summed E-state index contributed by atoms with van der Waals surface area (Å²) < 4.78 is 13.6. The summed E-state index contributed by atoms with van der Waals surface area (Å²) >= 11 is 11.9. The molecule has 0 amide bonds. The molecule has 3 rings (SSSR count). The lowest BCUT2D eigenvalue weighted by atomic mass is 9.81. The lowest BCUT2D eigenvalue weighted by Gasteiger charge is -2.50. The summed E-state index contributed by atoms with van der Waals surface area (Å²) in [5.41, 5.74) is 0.964. The molecule has 2 saturated heterocycles. The Morgan fingerprint density at radius 2 is 1.70 bits per heavy atom. The van der Waals surface area contributed by atoms with E-state index in [4.69, 9.17) is 23.2 Å². The Morgan fingerprint density at radius 3 is 2.20 bits per heavy atom. The van der Waals surface area contributed by atoms with Gasteiger partial charge in [-0.05, 0) is 51.3 Å². The van der Waals surface area contributed by atoms with Crippen LogP contribution in [0.25, 0.3) is 0 Å². The van der Waals surface area contributed by atoms with E-state index in [1.54, 1.807) is 12.1 Å². The average molecular weight is 317 g/mol. The number of anilines is 1. The number of halogens is 3. The van der Waals surface area contributed by atoms with Crippen molar-refractivity contribution in [2.24, 2.45) is 0 Å². The van der Waals surface area contributed by atoms with Gasteiger partial charge in [-0.15, -0.1) is 0 Å². The molecule has 2 atom stereocenters. The molecule has 2 unspecified atom stereocenters. The van der Waals surface area contributed by atoms with E-state index in [2.05, 4.69) is 10.2 Å². The fourth-order valence-electron chi connectivity index (χ4n) is 3.73. The summed E-state index contributed by atoms with van der Waals surface area (Å²) in [4.78, 5) is 2.41. The molecule has 20 heavy (non-hydrogen) atoms. The Morgan fingerprint density at radius 1 is 1.15 bits per heavy atom. The largest absolute Gasteiger partial charge is 0.365 e. The number of benzene rings is 1. The minimum absolute atomic E-state index is 0.112. The number of nitrogens with one attached hydrogen (secondary N) is 1. The fourth-order valence-corrected chi connectivity index (χ4v) is 4.21. The highest BCUT2D eigenvalue weighted by molar-refractivity contribution is 6.35. The second-order valence-corrected chi connectivity index (χ2v) is 6.64. The molecule has 0 spiro atoms. The topological polar surface area (TPSA) is 15.3 Å². The second kappa shape index (κ2) is 5.70. The highest BCUT2D eigenvalue weighted by Gasteiger charge is 2.38. The average Bonchev–Trinajstić information content (AvgIpc) is 2.42. The molecular weight excluding hydrogens is 298 g/mol. The highest BCUT2D eigenvalue weighted by Crippen LogP contribution is 2.40. The number of piperidine rings is 2. The third-order valence-electron chi connectivity index (χ3n) is 4.65. The maximum atomic E-state index is 13.6. The van der Waals surface area contributed by atoms with E-state index in [0.717, 1.165) is 18.5 Å². The summed E-state index contributed by atoms with van der Waals surface area (Å²) in [6, 6.07) is 5.00. The maximum Gasteiger partial charge on any atom is 0.160 e. The van der Waals surface area contributed by atoms with Crippen molar-refractivity contribution in [3.63, 3.8) is 0 Å². The highest BCUT2D eigenvalue weighted by atomic mass is 35.5. The molecule has 5 heteroatoms. The molecular formula is C15H19Cl2FN2. The molecule has 0 aliphatic carbocycles. The van der Waals surface area contributed by atoms with Crippen molar-refractivity contribution < 1.29 is 4.39 Å². The monoisotopic (exact) mass is 316 g/mol. The van der Waals surface area contributed by atoms with Gasteiger partial charge in [-0.25, -0.2) is 4.39 Å². The standard InChI is InChI=1S/C15H19Cl2FN2/c1-19-9-5-10-3-2-4-11(6-9)20(10)12-7-13(16)15(18)14(17)8-12/h7-11,19H,2-6H2,1H3. The predicted octanol–water partition coefficient (Wildman–Crippen LogP) is 4.24. The Bertz CT molecular complexity index is 472. The van der Waals surface area contributed by atoms with Crippen LogP contribution in [-0.2, 0) is 0 Å². The van der Waals surface area contributed by atoms with E-state index in [1.165, 1.54) is 19.3 Å². The molecule has 0 radical (unpaired) electrons. The number of hydrogen-bond acceptors (Lipinski definition) is 2. The molecule has 2 bridgehead atoms. The summed E-state index contributed by atoms with van der Waals surface area (Å²) in [6.07, 6.45) is 5.88. The Kier molecular flexibility index (Phi) is 4.11. The summed E-state index contributed by atoms with van der Waals surface area (Å²) in [5, 5.41) is 3.62. The zero-order valence-electron chi connectivity index (χ0n) is 11.5. The van der Waals surface area contributed by atoms with Gasteiger partial charge in [-0.2, -0.15) is 0 Å². The first-order valence-corrected chi connectivity index (χ1v) is 7.96. The van der Waals surface area contributed by atoms with Crippen LogP contribution in [0.4, 0.5) is 10.1 Å². The van der Waals surface area contributed by atoms with Crippen LogP contribution in [0, 0.1) is 5.82 Å². The molecule has 0 aromatic heterocycles. The first-order chi connectivity index (χ1) is 9.60. The van der Waals surface area contributed by atoms with Crippen LogP contribution < -0.4 is 10.2 Å². The zero-order valence-corrected chi connectivity index (χ0v) is 13.0. The van der Waals surface area contributed by atoms with Crippen LogP contribution in [0.1, 0.15) is 32.1 Å². The van der Waals surface area contributed by atoms with Crippen LogP contribution in [-0.4, -0.2) is 25.2 Å². The Hall–Kier alpha value is -0.510. The third kappa shape index (κ3) is 2.51. The number of fused-ring (bicyclic) bond motifs is 2. The van der Waals surface area contributed by atoms with Gasteiger partial charge in [-0.3, -0.25) is 0 Å². The first-order valence-electron chi connectivity index (χ1n) is 7.20. The normalized spacial score (nSPS) is 29.6. The lowest BCUT2D eigenvalue weighted by molar-refractivity contribution is 0.252. The van der Waals surface area contributed by atoms with E-state index in [-0.39, 0.29) is 10.0 Å². The van der Waals surface area contributed by atoms with E-state index in [9.17, 15) is 4.39 Å². The minimum Gasteiger partial charge on any atom is -0.365 e. The molecule has 110 valence electrons. The zero-order chi connectivity index (χ0) is 14.3. The number of hydrogen-bond donors (Lipinski definition) is 1. The van der Waals surface area contributed by atoms with Gasteiger partial charge >= 0.3 is 0 Å². The van der Waals surface area contributed by atoms with E-state index in [1.807, 2.05) is 7.05 Å². The van der Waals surface area contributed by atoms with Gasteiger partial charge in [-0.1, -0.05) is 23.2 Å². The van der Waals surface area contributed by atoms with E-state index in [0.29, 0.717) is 18.1 Å². The molecule has 0 saturated carbocycles. The SMILES string of the molecule is CNC1CC2CCCC(C1)N2c1cc(Cl)c(F)c(Cl)c1. The molecule has 1 aromatic rings. The minimum atomic E-state index is -0.521. The Balaban J connectivity index is 1.93. The number of rotatable bonds is 2. The molecule has 2 nitrogen and oxygen atoms in total. The fraction of sp³-hybridized carbons (Fsp3) is 0.600. The van der Waals surface area contributed by atoms with Gasteiger partial charge in [0.1, 0.15) is 0 Å². The van der Waals surface area contributed by atoms with E-state index >= 15 is 0 Å². The van der Waals surface area contributed by atoms with Crippen LogP contribution in [0.5, 0.6) is 0 Å². The van der Waals surface area contributed by atoms with Crippen LogP contribution in [0.2, 0.25) is 10.0 Å². The molecule has 1 aromatic carbocycles. The molecule has 2 fully saturated rings. The van der Waals surface area contributed by atoms with Crippen molar-refractivity contribution in [1.29, 1.82) is 0 Å². The smallest absolute Gasteiger partial charge is 0.160 e. The molecule has 1 N–H and O–H groups in total. The third-order valence-corrected chi connectivity index (χ3v) is 5.20. The second-order valence-electron chi connectivity index (χ2n) is 5.83. The molecule has 2 aliphatic rings.